The van der Waals surface area contributed by atoms with Crippen molar-refractivity contribution in [1.82, 2.24) is 24.1 Å². The lowest BCUT2D eigenvalue weighted by Gasteiger charge is -2.11. The monoisotopic (exact) mass is 591 g/mol. The smallest absolute Gasteiger partial charge is 0.238 e. The Morgan fingerprint density at radius 3 is 1.37 bits per heavy atom. The SMILES string of the molecule is Cc1ccc2c(c1)c1c3c4cc(C)ccc4n(-c4nc(-c5ccccc5)nc(-c5ccccc5)n4)c3ccc1n2-c1ccccc1. The number of hydrogen-bond donors (Lipinski definition) is 0. The number of hydrogen-bond acceptors (Lipinski definition) is 3. The summed E-state index contributed by atoms with van der Waals surface area (Å²) in [5.74, 6) is 1.88. The van der Waals surface area contributed by atoms with Crippen LogP contribution in [0.5, 0.6) is 0 Å². The second-order valence-corrected chi connectivity index (χ2v) is 11.9. The molecule has 0 fully saturated rings. The first-order valence-corrected chi connectivity index (χ1v) is 15.6. The molecular formula is C41H29N5. The number of aryl methyl sites for hydroxylation is 2. The Labute approximate surface area is 266 Å². The van der Waals surface area contributed by atoms with Crippen LogP contribution in [0, 0.1) is 13.8 Å². The molecule has 5 nitrogen and oxygen atoms in total. The van der Waals surface area contributed by atoms with Gasteiger partial charge in [0.25, 0.3) is 0 Å². The average molecular weight is 592 g/mol. The van der Waals surface area contributed by atoms with Crippen molar-refractivity contribution in [3.05, 3.63) is 151 Å². The molecule has 0 spiro atoms. The van der Waals surface area contributed by atoms with Crippen LogP contribution >= 0.6 is 0 Å². The maximum absolute atomic E-state index is 5.14. The first kappa shape index (κ1) is 26.3. The van der Waals surface area contributed by atoms with Crippen LogP contribution in [0.4, 0.5) is 0 Å². The maximum atomic E-state index is 5.14. The Hall–Kier alpha value is -6.07. The van der Waals surface area contributed by atoms with Gasteiger partial charge in [0.15, 0.2) is 11.6 Å². The maximum Gasteiger partial charge on any atom is 0.238 e. The van der Waals surface area contributed by atoms with Gasteiger partial charge in [0.05, 0.1) is 22.1 Å². The minimum absolute atomic E-state index is 0.596. The van der Waals surface area contributed by atoms with Crippen LogP contribution in [-0.4, -0.2) is 24.1 Å². The normalized spacial score (nSPS) is 11.7. The highest BCUT2D eigenvalue weighted by Crippen LogP contribution is 2.42. The van der Waals surface area contributed by atoms with E-state index >= 15 is 0 Å². The van der Waals surface area contributed by atoms with Crippen molar-refractivity contribution in [2.75, 3.05) is 0 Å². The average Bonchev–Trinajstić information content (AvgIpc) is 3.61. The Morgan fingerprint density at radius 1 is 0.413 bits per heavy atom. The highest BCUT2D eigenvalue weighted by Gasteiger charge is 2.22. The third-order valence-corrected chi connectivity index (χ3v) is 8.87. The van der Waals surface area contributed by atoms with Crippen LogP contribution in [0.1, 0.15) is 11.1 Å². The van der Waals surface area contributed by atoms with Crippen molar-refractivity contribution < 1.29 is 0 Å². The Balaban J connectivity index is 1.43. The van der Waals surface area contributed by atoms with E-state index in [4.69, 9.17) is 15.0 Å². The Morgan fingerprint density at radius 2 is 0.848 bits per heavy atom. The van der Waals surface area contributed by atoms with Crippen LogP contribution in [0.25, 0.3) is 78.0 Å². The molecule has 0 unspecified atom stereocenters. The summed E-state index contributed by atoms with van der Waals surface area (Å²) in [5.41, 5.74) is 9.95. The van der Waals surface area contributed by atoms with Crippen LogP contribution < -0.4 is 0 Å². The van der Waals surface area contributed by atoms with Crippen molar-refractivity contribution in [3.8, 4) is 34.4 Å². The van der Waals surface area contributed by atoms with Gasteiger partial charge in [-0.15, -0.1) is 0 Å². The lowest BCUT2D eigenvalue weighted by atomic mass is 10.0. The summed E-state index contributed by atoms with van der Waals surface area (Å²) < 4.78 is 4.60. The van der Waals surface area contributed by atoms with Gasteiger partial charge in [-0.2, -0.15) is 9.97 Å². The van der Waals surface area contributed by atoms with E-state index in [-0.39, 0.29) is 0 Å². The lowest BCUT2D eigenvalue weighted by molar-refractivity contribution is 0.953. The predicted octanol–water partition coefficient (Wildman–Crippen LogP) is 10.0. The molecule has 0 amide bonds. The Kier molecular flexibility index (Phi) is 5.87. The molecule has 0 bridgehead atoms. The van der Waals surface area contributed by atoms with Crippen LogP contribution in [0.3, 0.4) is 0 Å². The fraction of sp³-hybridized carbons (Fsp3) is 0.0488. The molecule has 0 aliphatic carbocycles. The van der Waals surface area contributed by atoms with Crippen molar-refractivity contribution >= 4 is 43.6 Å². The highest BCUT2D eigenvalue weighted by atomic mass is 15.2. The first-order chi connectivity index (χ1) is 22.6. The molecule has 9 rings (SSSR count). The molecular weight excluding hydrogens is 562 g/mol. The topological polar surface area (TPSA) is 48.5 Å². The standard InChI is InChI=1S/C41H29N5/c1-26-18-20-33-31(24-26)37-35(45(33)30-16-10-5-11-17-30)22-23-36-38(37)32-25-27(2)19-21-34(32)46(36)41-43-39(28-12-6-3-7-13-28)42-40(44-41)29-14-8-4-9-15-29/h3-25H,1-2H3. The first-order valence-electron chi connectivity index (χ1n) is 15.6. The zero-order chi connectivity index (χ0) is 30.8. The van der Waals surface area contributed by atoms with Crippen LogP contribution in [0.2, 0.25) is 0 Å². The molecule has 46 heavy (non-hydrogen) atoms. The van der Waals surface area contributed by atoms with E-state index in [9.17, 15) is 0 Å². The highest BCUT2D eigenvalue weighted by molar-refractivity contribution is 6.29. The van der Waals surface area contributed by atoms with E-state index in [1.807, 2.05) is 60.7 Å². The number of nitrogens with zero attached hydrogens (tertiary/aromatic N) is 5. The summed E-state index contributed by atoms with van der Waals surface area (Å²) in [6.45, 7) is 4.32. The number of fused-ring (bicyclic) bond motifs is 7. The third kappa shape index (κ3) is 4.06. The van der Waals surface area contributed by atoms with E-state index in [2.05, 4.69) is 102 Å². The number of rotatable bonds is 4. The summed E-state index contributed by atoms with van der Waals surface area (Å²) in [7, 11) is 0. The number of benzene rings is 6. The van der Waals surface area contributed by atoms with Crippen LogP contribution in [-0.2, 0) is 0 Å². The van der Waals surface area contributed by atoms with Crippen molar-refractivity contribution in [2.45, 2.75) is 13.8 Å². The van der Waals surface area contributed by atoms with Crippen LogP contribution in [0.15, 0.2) is 140 Å². The number of aromatic nitrogens is 5. The van der Waals surface area contributed by atoms with Gasteiger partial charge in [-0.25, -0.2) is 4.98 Å². The second-order valence-electron chi connectivity index (χ2n) is 11.9. The molecule has 0 radical (unpaired) electrons. The predicted molar refractivity (Wildman–Crippen MR) is 189 cm³/mol. The minimum atomic E-state index is 0.596. The third-order valence-electron chi connectivity index (χ3n) is 8.87. The molecule has 3 heterocycles. The molecule has 5 heteroatoms. The summed E-state index contributed by atoms with van der Waals surface area (Å²) in [6, 6.07) is 48.8. The molecule has 0 saturated heterocycles. The van der Waals surface area contributed by atoms with E-state index in [1.165, 1.54) is 43.7 Å². The molecule has 218 valence electrons. The van der Waals surface area contributed by atoms with E-state index in [1.54, 1.807) is 0 Å². The van der Waals surface area contributed by atoms with Gasteiger partial charge < -0.3 is 4.57 Å². The Bertz CT molecular complexity index is 2520. The summed E-state index contributed by atoms with van der Waals surface area (Å²) in [4.78, 5) is 15.2. The molecule has 0 atom stereocenters. The van der Waals surface area contributed by atoms with Gasteiger partial charge in [0.2, 0.25) is 5.95 Å². The van der Waals surface area contributed by atoms with Gasteiger partial charge in [-0.1, -0.05) is 102 Å². The minimum Gasteiger partial charge on any atom is -0.309 e. The largest absolute Gasteiger partial charge is 0.309 e. The quantitative estimate of drug-likeness (QED) is 0.205. The molecule has 9 aromatic rings. The molecule has 6 aromatic carbocycles. The van der Waals surface area contributed by atoms with Crippen molar-refractivity contribution in [1.29, 1.82) is 0 Å². The zero-order valence-electron chi connectivity index (χ0n) is 25.5. The summed E-state index contributed by atoms with van der Waals surface area (Å²) >= 11 is 0. The molecule has 3 aromatic heterocycles. The van der Waals surface area contributed by atoms with Gasteiger partial charge in [-0.05, 0) is 62.4 Å². The summed E-state index contributed by atoms with van der Waals surface area (Å²) in [6.07, 6.45) is 0. The van der Waals surface area contributed by atoms with E-state index < -0.39 is 0 Å². The van der Waals surface area contributed by atoms with Gasteiger partial charge >= 0.3 is 0 Å². The van der Waals surface area contributed by atoms with Gasteiger partial charge in [0.1, 0.15) is 0 Å². The molecule has 0 saturated carbocycles. The zero-order valence-corrected chi connectivity index (χ0v) is 25.5. The molecule has 0 aliphatic heterocycles. The van der Waals surface area contributed by atoms with E-state index in [0.29, 0.717) is 17.6 Å². The number of para-hydroxylation sites is 1. The fourth-order valence-corrected chi connectivity index (χ4v) is 6.82. The van der Waals surface area contributed by atoms with Crippen molar-refractivity contribution in [2.24, 2.45) is 0 Å². The van der Waals surface area contributed by atoms with E-state index in [0.717, 1.165) is 27.8 Å². The summed E-state index contributed by atoms with van der Waals surface area (Å²) in [5, 5.41) is 4.84. The van der Waals surface area contributed by atoms with Crippen molar-refractivity contribution in [3.63, 3.8) is 0 Å². The molecule has 0 aliphatic rings. The second kappa shape index (κ2) is 10.2. The van der Waals surface area contributed by atoms with Gasteiger partial charge in [-0.3, -0.25) is 4.57 Å². The van der Waals surface area contributed by atoms with Gasteiger partial charge in [0, 0.05) is 38.4 Å². The fourth-order valence-electron chi connectivity index (χ4n) is 6.82. The lowest BCUT2D eigenvalue weighted by Crippen LogP contribution is -2.06. The molecule has 0 N–H and O–H groups in total.